The highest BCUT2D eigenvalue weighted by Gasteiger charge is 2.26. The second-order valence-corrected chi connectivity index (χ2v) is 3.74. The van der Waals surface area contributed by atoms with E-state index in [9.17, 15) is 0 Å². The summed E-state index contributed by atoms with van der Waals surface area (Å²) in [6.45, 7) is 5.09. The predicted molar refractivity (Wildman–Crippen MR) is 35.6 cm³/mol. The van der Waals surface area contributed by atoms with E-state index in [-0.39, 0.29) is 0 Å². The van der Waals surface area contributed by atoms with Crippen molar-refractivity contribution in [2.45, 2.75) is 13.3 Å². The van der Waals surface area contributed by atoms with Crippen molar-refractivity contribution in [3.63, 3.8) is 0 Å². The lowest BCUT2D eigenvalue weighted by atomic mass is 10.2. The van der Waals surface area contributed by atoms with Crippen LogP contribution in [0.15, 0.2) is 0 Å². The van der Waals surface area contributed by atoms with Gasteiger partial charge in [0.05, 0.1) is 27.2 Å². The van der Waals surface area contributed by atoms with E-state index in [0.29, 0.717) is 0 Å². The first-order chi connectivity index (χ1) is 3.60. The largest absolute Gasteiger partial charge is 0.328 e. The van der Waals surface area contributed by atoms with E-state index in [2.05, 4.69) is 21.0 Å². The van der Waals surface area contributed by atoms with Crippen molar-refractivity contribution in [2.75, 3.05) is 27.2 Å². The number of quaternary nitrogens is 1. The van der Waals surface area contributed by atoms with Gasteiger partial charge in [-0.25, -0.2) is 0 Å². The molecule has 1 fully saturated rings. The van der Waals surface area contributed by atoms with Gasteiger partial charge in [0.2, 0.25) is 0 Å². The first-order valence-electron chi connectivity index (χ1n) is 3.42. The van der Waals surface area contributed by atoms with Gasteiger partial charge < -0.3 is 4.48 Å². The molecule has 0 amide bonds. The van der Waals surface area contributed by atoms with Gasteiger partial charge in [0.15, 0.2) is 0 Å². The van der Waals surface area contributed by atoms with Gasteiger partial charge in [-0.2, -0.15) is 0 Å². The van der Waals surface area contributed by atoms with Gasteiger partial charge in [-0.05, 0) is 0 Å². The molecule has 1 heterocycles. The Balaban J connectivity index is 2.44. The molecule has 0 saturated carbocycles. The zero-order chi connectivity index (χ0) is 6.20. The summed E-state index contributed by atoms with van der Waals surface area (Å²) in [6, 6.07) is 0. The van der Waals surface area contributed by atoms with Crippen LogP contribution < -0.4 is 0 Å². The average molecular weight is 114 g/mol. The Bertz CT molecular complexity index is 86.4. The van der Waals surface area contributed by atoms with Crippen molar-refractivity contribution >= 4 is 0 Å². The lowest BCUT2D eigenvalue weighted by molar-refractivity contribution is -0.879. The lowest BCUT2D eigenvalue weighted by Gasteiger charge is -2.22. The molecule has 1 heteroatoms. The van der Waals surface area contributed by atoms with Crippen molar-refractivity contribution in [3.05, 3.63) is 0 Å². The Hall–Kier alpha value is -0.0400. The van der Waals surface area contributed by atoms with E-state index in [1.165, 1.54) is 24.0 Å². The fraction of sp³-hybridized carbons (Fsp3) is 1.00. The third-order valence-electron chi connectivity index (χ3n) is 2.03. The molecule has 1 saturated heterocycles. The summed E-state index contributed by atoms with van der Waals surface area (Å²) in [5.74, 6) is 0.963. The van der Waals surface area contributed by atoms with Gasteiger partial charge in [-0.3, -0.25) is 0 Å². The minimum absolute atomic E-state index is 0.963. The summed E-state index contributed by atoms with van der Waals surface area (Å²) in [7, 11) is 4.62. The first-order valence-corrected chi connectivity index (χ1v) is 3.42. The lowest BCUT2D eigenvalue weighted by Crippen LogP contribution is -2.36. The van der Waals surface area contributed by atoms with Crippen LogP contribution in [0.3, 0.4) is 0 Å². The Morgan fingerprint density at radius 2 is 2.00 bits per heavy atom. The molecule has 1 atom stereocenters. The van der Waals surface area contributed by atoms with Crippen LogP contribution in [-0.2, 0) is 0 Å². The summed E-state index contributed by atoms with van der Waals surface area (Å²) in [5, 5.41) is 0. The van der Waals surface area contributed by atoms with Crippen molar-refractivity contribution in [1.29, 1.82) is 0 Å². The molecule has 0 bridgehead atoms. The standard InChI is InChI=1S/C7H16N/c1-7-4-5-8(2,3)6-7/h7H,4-6H2,1-3H3/q+1. The molecule has 1 unspecified atom stereocenters. The number of rotatable bonds is 0. The average Bonchev–Trinajstić information content (AvgIpc) is 1.82. The first kappa shape index (κ1) is 6.09. The van der Waals surface area contributed by atoms with Crippen LogP contribution in [0.4, 0.5) is 0 Å². The minimum Gasteiger partial charge on any atom is -0.328 e. The molecular formula is C7H16N+. The number of nitrogens with zero attached hydrogens (tertiary/aromatic N) is 1. The van der Waals surface area contributed by atoms with E-state index >= 15 is 0 Å². The van der Waals surface area contributed by atoms with E-state index in [1.54, 1.807) is 0 Å². The number of hydrogen-bond donors (Lipinski definition) is 0. The Morgan fingerprint density at radius 3 is 2.12 bits per heavy atom. The highest BCUT2D eigenvalue weighted by atomic mass is 15.3. The van der Waals surface area contributed by atoms with Gasteiger partial charge >= 0.3 is 0 Å². The topological polar surface area (TPSA) is 0 Å². The van der Waals surface area contributed by atoms with E-state index in [1.807, 2.05) is 0 Å². The zero-order valence-electron chi connectivity index (χ0n) is 6.15. The molecule has 1 aliphatic heterocycles. The molecule has 0 aromatic carbocycles. The maximum Gasteiger partial charge on any atom is 0.0810 e. The molecule has 1 aliphatic rings. The van der Waals surface area contributed by atoms with Crippen molar-refractivity contribution in [1.82, 2.24) is 0 Å². The molecular weight excluding hydrogens is 98.1 g/mol. The molecule has 48 valence electrons. The van der Waals surface area contributed by atoms with Crippen LogP contribution in [0.25, 0.3) is 0 Å². The molecule has 0 N–H and O–H groups in total. The molecule has 1 nitrogen and oxygen atoms in total. The van der Waals surface area contributed by atoms with Gasteiger partial charge in [0.1, 0.15) is 0 Å². The molecule has 1 rings (SSSR count). The fourth-order valence-electron chi connectivity index (χ4n) is 1.60. The van der Waals surface area contributed by atoms with Gasteiger partial charge in [-0.1, -0.05) is 6.92 Å². The van der Waals surface area contributed by atoms with Crippen LogP contribution in [-0.4, -0.2) is 31.7 Å². The van der Waals surface area contributed by atoms with Crippen molar-refractivity contribution in [2.24, 2.45) is 5.92 Å². The molecule has 0 aromatic heterocycles. The molecule has 0 spiro atoms. The Labute approximate surface area is 51.9 Å². The molecule has 0 aliphatic carbocycles. The van der Waals surface area contributed by atoms with Gasteiger partial charge in [-0.15, -0.1) is 0 Å². The van der Waals surface area contributed by atoms with Crippen LogP contribution in [0.2, 0.25) is 0 Å². The van der Waals surface area contributed by atoms with E-state index < -0.39 is 0 Å². The third-order valence-corrected chi connectivity index (χ3v) is 2.03. The molecule has 0 radical (unpaired) electrons. The normalized spacial score (nSPS) is 35.6. The zero-order valence-corrected chi connectivity index (χ0v) is 6.15. The van der Waals surface area contributed by atoms with Gasteiger partial charge in [0, 0.05) is 12.3 Å². The summed E-state index contributed by atoms with van der Waals surface area (Å²) in [4.78, 5) is 0. The Kier molecular flexibility index (Phi) is 1.31. The van der Waals surface area contributed by atoms with Crippen molar-refractivity contribution < 1.29 is 4.48 Å². The van der Waals surface area contributed by atoms with Crippen molar-refractivity contribution in [3.8, 4) is 0 Å². The van der Waals surface area contributed by atoms with Crippen LogP contribution >= 0.6 is 0 Å². The number of hydrogen-bond acceptors (Lipinski definition) is 0. The summed E-state index contributed by atoms with van der Waals surface area (Å²) in [6.07, 6.45) is 1.42. The van der Waals surface area contributed by atoms with Crippen LogP contribution in [0.5, 0.6) is 0 Å². The number of likely N-dealkylation sites (tertiary alicyclic amines) is 1. The smallest absolute Gasteiger partial charge is 0.0810 e. The summed E-state index contributed by atoms with van der Waals surface area (Å²) < 4.78 is 1.24. The Morgan fingerprint density at radius 1 is 1.38 bits per heavy atom. The van der Waals surface area contributed by atoms with Gasteiger partial charge in [0.25, 0.3) is 0 Å². The monoisotopic (exact) mass is 114 g/mol. The molecule has 0 aromatic rings. The van der Waals surface area contributed by atoms with E-state index in [4.69, 9.17) is 0 Å². The molecule has 8 heavy (non-hydrogen) atoms. The second-order valence-electron chi connectivity index (χ2n) is 3.74. The maximum atomic E-state index is 2.34. The second kappa shape index (κ2) is 1.73. The fourth-order valence-corrected chi connectivity index (χ4v) is 1.60. The van der Waals surface area contributed by atoms with E-state index in [0.717, 1.165) is 5.92 Å². The van der Waals surface area contributed by atoms with Crippen LogP contribution in [0.1, 0.15) is 13.3 Å². The van der Waals surface area contributed by atoms with Crippen LogP contribution in [0, 0.1) is 5.92 Å². The summed E-state index contributed by atoms with van der Waals surface area (Å²) in [5.41, 5.74) is 0. The summed E-state index contributed by atoms with van der Waals surface area (Å²) >= 11 is 0. The highest BCUT2D eigenvalue weighted by molar-refractivity contribution is 4.57. The minimum atomic E-state index is 0.963. The highest BCUT2D eigenvalue weighted by Crippen LogP contribution is 2.18. The third kappa shape index (κ3) is 1.22. The SMILES string of the molecule is CC1CC[N+](C)(C)C1. The predicted octanol–water partition coefficient (Wildman–Crippen LogP) is 1.10. The quantitative estimate of drug-likeness (QED) is 0.414. The maximum absolute atomic E-state index is 2.34.